The maximum Gasteiger partial charge on any atom is 0.266 e. The third kappa shape index (κ3) is 4.34. The molecule has 0 N–H and O–H groups in total. The number of nitrogens with zero attached hydrogens (tertiary/aromatic N) is 1. The van der Waals surface area contributed by atoms with Gasteiger partial charge >= 0.3 is 0 Å². The number of thiocarbonyl (C=S) groups is 1. The number of ether oxygens (including phenoxy) is 1. The highest BCUT2D eigenvalue weighted by molar-refractivity contribution is 8.26. The van der Waals surface area contributed by atoms with E-state index in [-0.39, 0.29) is 5.91 Å². The number of thioether (sulfide) groups is 1. The first-order valence-electron chi connectivity index (χ1n) is 8.61. The van der Waals surface area contributed by atoms with E-state index in [0.717, 1.165) is 23.3 Å². The van der Waals surface area contributed by atoms with Crippen molar-refractivity contribution in [2.45, 2.75) is 26.9 Å². The molecule has 1 heterocycles. The Bertz CT molecular complexity index is 861. The van der Waals surface area contributed by atoms with E-state index in [4.69, 9.17) is 17.0 Å². The lowest BCUT2D eigenvalue weighted by Gasteiger charge is -2.12. The van der Waals surface area contributed by atoms with Crippen LogP contribution in [-0.4, -0.2) is 21.7 Å². The van der Waals surface area contributed by atoms with Crippen LogP contribution in [0.2, 0.25) is 0 Å². The summed E-state index contributed by atoms with van der Waals surface area (Å²) in [6.07, 6.45) is 2.76. The first-order chi connectivity index (χ1) is 12.6. The molecule has 1 aliphatic rings. The SMILES string of the molecule is CCCN1C(=O)/C(=C/c2ccccc2OCc2cccc(C)c2)SC1=S. The normalized spacial score (nSPS) is 15.8. The van der Waals surface area contributed by atoms with E-state index in [0.29, 0.717) is 22.4 Å². The molecule has 0 bridgehead atoms. The van der Waals surface area contributed by atoms with Crippen molar-refractivity contribution in [2.75, 3.05) is 6.54 Å². The van der Waals surface area contributed by atoms with Crippen LogP contribution in [0.25, 0.3) is 6.08 Å². The molecule has 134 valence electrons. The number of hydrogen-bond acceptors (Lipinski definition) is 4. The third-order valence-corrected chi connectivity index (χ3v) is 5.38. The Morgan fingerprint density at radius 1 is 1.19 bits per heavy atom. The zero-order valence-corrected chi connectivity index (χ0v) is 16.5. The number of rotatable bonds is 6. The summed E-state index contributed by atoms with van der Waals surface area (Å²) in [6.45, 7) is 5.25. The summed E-state index contributed by atoms with van der Waals surface area (Å²) in [5.41, 5.74) is 3.21. The van der Waals surface area contributed by atoms with Crippen LogP contribution in [0, 0.1) is 6.92 Å². The van der Waals surface area contributed by atoms with Crippen LogP contribution in [0.1, 0.15) is 30.0 Å². The standard InChI is InChI=1S/C21H21NO2S2/c1-3-11-22-20(23)19(26-21(22)25)13-17-9-4-5-10-18(17)24-14-16-8-6-7-15(2)12-16/h4-10,12-13H,3,11,14H2,1-2H3/b19-13-. The second-order valence-corrected chi connectivity index (χ2v) is 7.82. The molecule has 3 nitrogen and oxygen atoms in total. The molecule has 0 unspecified atom stereocenters. The number of benzene rings is 2. The molecule has 0 radical (unpaired) electrons. The van der Waals surface area contributed by atoms with Gasteiger partial charge in [0.1, 0.15) is 16.7 Å². The van der Waals surface area contributed by atoms with Crippen molar-refractivity contribution in [3.63, 3.8) is 0 Å². The average molecular weight is 384 g/mol. The summed E-state index contributed by atoms with van der Waals surface area (Å²) in [4.78, 5) is 14.9. The molecule has 5 heteroatoms. The van der Waals surface area contributed by atoms with Gasteiger partial charge in [0.2, 0.25) is 0 Å². The minimum Gasteiger partial charge on any atom is -0.488 e. The summed E-state index contributed by atoms with van der Waals surface area (Å²) in [7, 11) is 0. The number of carbonyl (C=O) groups is 1. The fraction of sp³-hybridized carbons (Fsp3) is 0.238. The molecule has 1 fully saturated rings. The van der Waals surface area contributed by atoms with Crippen molar-refractivity contribution < 1.29 is 9.53 Å². The smallest absolute Gasteiger partial charge is 0.266 e. The first kappa shape index (κ1) is 18.7. The van der Waals surface area contributed by atoms with Crippen LogP contribution in [0.5, 0.6) is 5.75 Å². The fourth-order valence-corrected chi connectivity index (χ4v) is 4.05. The third-order valence-electron chi connectivity index (χ3n) is 4.00. The van der Waals surface area contributed by atoms with Gasteiger partial charge in [-0.05, 0) is 31.1 Å². The lowest BCUT2D eigenvalue weighted by Crippen LogP contribution is -2.28. The molecule has 1 saturated heterocycles. The summed E-state index contributed by atoms with van der Waals surface area (Å²) in [6, 6.07) is 16.0. The quantitative estimate of drug-likeness (QED) is 0.507. The molecule has 0 atom stereocenters. The predicted molar refractivity (Wildman–Crippen MR) is 112 cm³/mol. The van der Waals surface area contributed by atoms with E-state index in [9.17, 15) is 4.79 Å². The van der Waals surface area contributed by atoms with Crippen LogP contribution in [-0.2, 0) is 11.4 Å². The van der Waals surface area contributed by atoms with Crippen LogP contribution < -0.4 is 4.74 Å². The number of carbonyl (C=O) groups excluding carboxylic acids is 1. The monoisotopic (exact) mass is 383 g/mol. The highest BCUT2D eigenvalue weighted by Crippen LogP contribution is 2.34. The van der Waals surface area contributed by atoms with Gasteiger partial charge in [-0.25, -0.2) is 0 Å². The summed E-state index contributed by atoms with van der Waals surface area (Å²) < 4.78 is 6.64. The van der Waals surface area contributed by atoms with Crippen molar-refractivity contribution in [3.8, 4) is 5.75 Å². The van der Waals surface area contributed by atoms with Crippen molar-refractivity contribution in [1.82, 2.24) is 4.90 Å². The molecule has 0 aliphatic carbocycles. The Labute approximate surface area is 164 Å². The molecule has 0 saturated carbocycles. The highest BCUT2D eigenvalue weighted by Gasteiger charge is 2.31. The van der Waals surface area contributed by atoms with Gasteiger partial charge in [0, 0.05) is 12.1 Å². The first-order valence-corrected chi connectivity index (χ1v) is 9.83. The molecule has 1 aliphatic heterocycles. The Morgan fingerprint density at radius 2 is 2.00 bits per heavy atom. The number of hydrogen-bond donors (Lipinski definition) is 0. The van der Waals surface area contributed by atoms with E-state index < -0.39 is 0 Å². The van der Waals surface area contributed by atoms with E-state index in [2.05, 4.69) is 19.1 Å². The second-order valence-electron chi connectivity index (χ2n) is 6.15. The maximum atomic E-state index is 12.5. The Morgan fingerprint density at radius 3 is 2.77 bits per heavy atom. The predicted octanol–water partition coefficient (Wildman–Crippen LogP) is 5.19. The summed E-state index contributed by atoms with van der Waals surface area (Å²) in [5.74, 6) is 0.741. The molecule has 1 amide bonds. The molecule has 3 rings (SSSR count). The van der Waals surface area contributed by atoms with E-state index in [1.54, 1.807) is 4.90 Å². The molecule has 0 spiro atoms. The summed E-state index contributed by atoms with van der Waals surface area (Å²) >= 11 is 6.69. The van der Waals surface area contributed by atoms with E-state index in [1.807, 2.05) is 49.4 Å². The molecule has 26 heavy (non-hydrogen) atoms. The molecular formula is C21H21NO2S2. The van der Waals surface area contributed by atoms with Gasteiger partial charge in [0.05, 0.1) is 4.91 Å². The molecule has 2 aromatic carbocycles. The largest absolute Gasteiger partial charge is 0.488 e. The van der Waals surface area contributed by atoms with Crippen molar-refractivity contribution in [1.29, 1.82) is 0 Å². The van der Waals surface area contributed by atoms with Crippen molar-refractivity contribution >= 4 is 40.3 Å². The average Bonchev–Trinajstić information content (AvgIpc) is 2.89. The zero-order chi connectivity index (χ0) is 18.5. The summed E-state index contributed by atoms with van der Waals surface area (Å²) in [5, 5.41) is 0. The molecule has 0 aromatic heterocycles. The second kappa shape index (κ2) is 8.52. The van der Waals surface area contributed by atoms with Gasteiger partial charge in [0.25, 0.3) is 5.91 Å². The topological polar surface area (TPSA) is 29.5 Å². The van der Waals surface area contributed by atoms with Crippen molar-refractivity contribution in [3.05, 3.63) is 70.1 Å². The van der Waals surface area contributed by atoms with E-state index in [1.165, 1.54) is 17.3 Å². The van der Waals surface area contributed by atoms with Gasteiger partial charge in [0.15, 0.2) is 0 Å². The molecule has 2 aromatic rings. The van der Waals surface area contributed by atoms with Crippen molar-refractivity contribution in [2.24, 2.45) is 0 Å². The Hall–Kier alpha value is -2.11. The zero-order valence-electron chi connectivity index (χ0n) is 14.9. The Balaban J connectivity index is 1.79. The van der Waals surface area contributed by atoms with Crippen LogP contribution in [0.15, 0.2) is 53.4 Å². The lowest BCUT2D eigenvalue weighted by atomic mass is 10.1. The lowest BCUT2D eigenvalue weighted by molar-refractivity contribution is -0.122. The number of aryl methyl sites for hydroxylation is 1. The van der Waals surface area contributed by atoms with Gasteiger partial charge in [-0.15, -0.1) is 0 Å². The van der Waals surface area contributed by atoms with Gasteiger partial charge < -0.3 is 4.74 Å². The van der Waals surface area contributed by atoms with Gasteiger partial charge in [-0.2, -0.15) is 0 Å². The maximum absolute atomic E-state index is 12.5. The van der Waals surface area contributed by atoms with Crippen LogP contribution >= 0.6 is 24.0 Å². The van der Waals surface area contributed by atoms with E-state index >= 15 is 0 Å². The van der Waals surface area contributed by atoms with Gasteiger partial charge in [-0.1, -0.05) is 78.9 Å². The van der Waals surface area contributed by atoms with Crippen LogP contribution in [0.3, 0.4) is 0 Å². The minimum absolute atomic E-state index is 0.0182. The van der Waals surface area contributed by atoms with Crippen LogP contribution in [0.4, 0.5) is 0 Å². The molecular weight excluding hydrogens is 362 g/mol. The number of para-hydroxylation sites is 1. The Kier molecular flexibility index (Phi) is 6.12. The fourth-order valence-electron chi connectivity index (χ4n) is 2.75. The highest BCUT2D eigenvalue weighted by atomic mass is 32.2. The number of amides is 1. The van der Waals surface area contributed by atoms with Gasteiger partial charge in [-0.3, -0.25) is 9.69 Å². The minimum atomic E-state index is -0.0182.